The summed E-state index contributed by atoms with van der Waals surface area (Å²) < 4.78 is 27.2. The summed E-state index contributed by atoms with van der Waals surface area (Å²) in [6.07, 6.45) is 0.566. The fraction of sp³-hybridized carbons (Fsp3) is 0.368. The van der Waals surface area contributed by atoms with Crippen molar-refractivity contribution in [3.8, 4) is 0 Å². The average Bonchev–Trinajstić information content (AvgIpc) is 2.99. The number of nitrogens with zero attached hydrogens (tertiary/aromatic N) is 1. The summed E-state index contributed by atoms with van der Waals surface area (Å²) in [5.41, 5.74) is 1.81. The van der Waals surface area contributed by atoms with Gasteiger partial charge in [-0.3, -0.25) is 9.59 Å². The smallest absolute Gasteiger partial charge is 0.273 e. The van der Waals surface area contributed by atoms with E-state index in [-0.39, 0.29) is 16.5 Å². The highest BCUT2D eigenvalue weighted by atomic mass is 35.5. The fourth-order valence-electron chi connectivity index (χ4n) is 3.36. The van der Waals surface area contributed by atoms with E-state index >= 15 is 0 Å². The van der Waals surface area contributed by atoms with Crippen LogP contribution in [0.4, 0.5) is 0 Å². The Bertz CT molecular complexity index is 1030. The van der Waals surface area contributed by atoms with Gasteiger partial charge in [-0.1, -0.05) is 40.9 Å². The van der Waals surface area contributed by atoms with Crippen molar-refractivity contribution in [2.24, 2.45) is 0 Å². The van der Waals surface area contributed by atoms with Gasteiger partial charge in [-0.15, -0.1) is 11.3 Å². The summed E-state index contributed by atoms with van der Waals surface area (Å²) in [4.78, 5) is 26.9. The van der Waals surface area contributed by atoms with E-state index in [9.17, 15) is 18.0 Å². The van der Waals surface area contributed by atoms with Crippen molar-refractivity contribution in [3.05, 3.63) is 51.4 Å². The number of hydrogen-bond acceptors (Lipinski definition) is 5. The van der Waals surface area contributed by atoms with E-state index in [1.165, 1.54) is 17.0 Å². The zero-order valence-corrected chi connectivity index (χ0v) is 18.2. The van der Waals surface area contributed by atoms with E-state index in [0.717, 1.165) is 28.0 Å². The fourth-order valence-corrected chi connectivity index (χ4v) is 5.92. The number of hydrogen-bond donors (Lipinski definition) is 1. The lowest BCUT2D eigenvalue weighted by atomic mass is 9.85. The van der Waals surface area contributed by atoms with Crippen LogP contribution in [0.3, 0.4) is 0 Å². The molecule has 2 heterocycles. The Hall–Kier alpha value is -1.90. The number of nitrogens with one attached hydrogen (secondary N) is 1. The van der Waals surface area contributed by atoms with Gasteiger partial charge in [0.05, 0.1) is 10.8 Å². The number of halogens is 1. The summed E-state index contributed by atoms with van der Waals surface area (Å²) >= 11 is 6.65. The quantitative estimate of drug-likeness (QED) is 0.774. The lowest BCUT2D eigenvalue weighted by Gasteiger charge is -2.48. The Morgan fingerprint density at radius 3 is 2.36 bits per heavy atom. The molecule has 0 spiro atoms. The minimum Gasteiger partial charge on any atom is -0.328 e. The predicted octanol–water partition coefficient (Wildman–Crippen LogP) is 3.06. The highest BCUT2D eigenvalue weighted by molar-refractivity contribution is 7.92. The molecule has 2 aromatic rings. The first-order valence-corrected chi connectivity index (χ1v) is 11.4. The zero-order chi connectivity index (χ0) is 20.7. The molecule has 1 unspecified atom stereocenters. The van der Waals surface area contributed by atoms with Crippen LogP contribution in [-0.4, -0.2) is 37.2 Å². The molecule has 0 aliphatic carbocycles. The van der Waals surface area contributed by atoms with Crippen molar-refractivity contribution >= 4 is 44.8 Å². The van der Waals surface area contributed by atoms with Gasteiger partial charge in [-0.25, -0.2) is 13.1 Å². The number of rotatable bonds is 5. The summed E-state index contributed by atoms with van der Waals surface area (Å²) in [6, 6.07) is 8.70. The summed E-state index contributed by atoms with van der Waals surface area (Å²) in [6.45, 7) is 5.92. The number of amides is 2. The van der Waals surface area contributed by atoms with Gasteiger partial charge >= 0.3 is 0 Å². The monoisotopic (exact) mass is 440 g/mol. The second-order valence-electron chi connectivity index (χ2n) is 7.24. The number of likely N-dealkylation sites (tertiary alicyclic amines) is 1. The molecular weight excluding hydrogens is 420 g/mol. The maximum absolute atomic E-state index is 12.8. The summed E-state index contributed by atoms with van der Waals surface area (Å²) in [5, 5.41) is 0. The minimum atomic E-state index is -4.02. The maximum atomic E-state index is 12.8. The number of benzene rings is 1. The first-order chi connectivity index (χ1) is 13.0. The molecule has 1 atom stereocenters. The van der Waals surface area contributed by atoms with Crippen molar-refractivity contribution < 1.29 is 18.0 Å². The second-order valence-corrected chi connectivity index (χ2v) is 10.9. The summed E-state index contributed by atoms with van der Waals surface area (Å²) in [7, 11) is -4.02. The van der Waals surface area contributed by atoms with Gasteiger partial charge in [0, 0.05) is 6.54 Å². The Kier molecular flexibility index (Phi) is 5.58. The second kappa shape index (κ2) is 7.50. The molecule has 0 saturated carbocycles. The van der Waals surface area contributed by atoms with Crippen LogP contribution < -0.4 is 4.72 Å². The van der Waals surface area contributed by atoms with Gasteiger partial charge < -0.3 is 4.90 Å². The molecule has 6 nitrogen and oxygen atoms in total. The molecule has 150 valence electrons. The number of carbonyl (C=O) groups excluding carboxylic acids is 2. The van der Waals surface area contributed by atoms with Gasteiger partial charge in [0.15, 0.2) is 0 Å². The van der Waals surface area contributed by atoms with E-state index in [1.807, 2.05) is 32.0 Å². The van der Waals surface area contributed by atoms with E-state index < -0.39 is 21.5 Å². The molecule has 1 aliphatic rings. The van der Waals surface area contributed by atoms with Crippen LogP contribution in [0, 0.1) is 13.8 Å². The minimum absolute atomic E-state index is 0.0399. The molecule has 1 saturated heterocycles. The largest absolute Gasteiger partial charge is 0.328 e. The Balaban J connectivity index is 1.73. The normalized spacial score (nSPS) is 19.2. The Labute approximate surface area is 173 Å². The van der Waals surface area contributed by atoms with Crippen molar-refractivity contribution in [2.45, 2.75) is 43.4 Å². The van der Waals surface area contributed by atoms with Gasteiger partial charge in [-0.05, 0) is 44.9 Å². The number of sulfonamides is 1. The Morgan fingerprint density at radius 2 is 1.86 bits per heavy atom. The molecule has 0 radical (unpaired) electrons. The SMILES string of the molecule is Cc1cc(C)cc(CC(=O)N2CCC2(C)C(=O)NS(=O)(=O)c2ccc(Cl)s2)c1. The highest BCUT2D eigenvalue weighted by Crippen LogP contribution is 2.32. The lowest BCUT2D eigenvalue weighted by molar-refractivity contribution is -0.156. The molecular formula is C19H21ClN2O4S2. The molecule has 0 bridgehead atoms. The zero-order valence-electron chi connectivity index (χ0n) is 15.8. The first-order valence-electron chi connectivity index (χ1n) is 8.71. The lowest BCUT2D eigenvalue weighted by Crippen LogP contribution is -2.68. The predicted molar refractivity (Wildman–Crippen MR) is 109 cm³/mol. The third kappa shape index (κ3) is 4.09. The first kappa shape index (κ1) is 20.8. The third-order valence-corrected chi connectivity index (χ3v) is 7.94. The molecule has 1 N–H and O–H groups in total. The molecule has 1 fully saturated rings. The molecule has 28 heavy (non-hydrogen) atoms. The van der Waals surface area contributed by atoms with Crippen LogP contribution in [0.5, 0.6) is 0 Å². The van der Waals surface area contributed by atoms with Crippen LogP contribution >= 0.6 is 22.9 Å². The van der Waals surface area contributed by atoms with Crippen LogP contribution in [0.15, 0.2) is 34.5 Å². The summed E-state index contributed by atoms with van der Waals surface area (Å²) in [5.74, 6) is -0.914. The molecule has 2 amide bonds. The van der Waals surface area contributed by atoms with Crippen molar-refractivity contribution in [2.75, 3.05) is 6.54 Å². The highest BCUT2D eigenvalue weighted by Gasteiger charge is 2.50. The van der Waals surface area contributed by atoms with Crippen LogP contribution in [0.2, 0.25) is 4.34 Å². The average molecular weight is 441 g/mol. The molecule has 1 aliphatic heterocycles. The number of thiophene rings is 1. The molecule has 9 heteroatoms. The van der Waals surface area contributed by atoms with Crippen LogP contribution in [-0.2, 0) is 26.0 Å². The standard InChI is InChI=1S/C19H21ClN2O4S2/c1-12-8-13(2)10-14(9-12)11-16(23)22-7-6-19(22,3)18(24)21-28(25,26)17-5-4-15(20)27-17/h4-5,8-10H,6-7,11H2,1-3H3,(H,21,24). The van der Waals surface area contributed by atoms with Gasteiger partial charge in [0.25, 0.3) is 15.9 Å². The van der Waals surface area contributed by atoms with E-state index in [4.69, 9.17) is 11.6 Å². The number of aryl methyl sites for hydroxylation is 2. The van der Waals surface area contributed by atoms with E-state index in [1.54, 1.807) is 6.92 Å². The van der Waals surface area contributed by atoms with Crippen LogP contribution in [0.25, 0.3) is 0 Å². The molecule has 1 aromatic heterocycles. The van der Waals surface area contributed by atoms with Crippen molar-refractivity contribution in [3.63, 3.8) is 0 Å². The van der Waals surface area contributed by atoms with Gasteiger partial charge in [-0.2, -0.15) is 0 Å². The van der Waals surface area contributed by atoms with E-state index in [0.29, 0.717) is 17.3 Å². The van der Waals surface area contributed by atoms with Crippen LogP contribution in [0.1, 0.15) is 30.0 Å². The molecule has 1 aromatic carbocycles. The Morgan fingerprint density at radius 1 is 1.21 bits per heavy atom. The third-order valence-electron chi connectivity index (χ3n) is 4.89. The van der Waals surface area contributed by atoms with E-state index in [2.05, 4.69) is 4.72 Å². The number of carbonyl (C=O) groups is 2. The van der Waals surface area contributed by atoms with Crippen molar-refractivity contribution in [1.29, 1.82) is 0 Å². The van der Waals surface area contributed by atoms with Gasteiger partial charge in [0.1, 0.15) is 9.75 Å². The topological polar surface area (TPSA) is 83.6 Å². The molecule has 3 rings (SSSR count). The maximum Gasteiger partial charge on any atom is 0.273 e. The van der Waals surface area contributed by atoms with Gasteiger partial charge in [0.2, 0.25) is 5.91 Å². The van der Waals surface area contributed by atoms with Crippen molar-refractivity contribution in [1.82, 2.24) is 9.62 Å².